The first-order valence-corrected chi connectivity index (χ1v) is 5.45. The maximum absolute atomic E-state index is 6.07. The van der Waals surface area contributed by atoms with Gasteiger partial charge < -0.3 is 0 Å². The van der Waals surface area contributed by atoms with Gasteiger partial charge in [-0.15, -0.1) is 0 Å². The molecule has 0 aliphatic carbocycles. The van der Waals surface area contributed by atoms with Crippen LogP contribution in [0.3, 0.4) is 0 Å². The molecule has 0 bridgehead atoms. The van der Waals surface area contributed by atoms with Gasteiger partial charge in [0.05, 0.1) is 16.9 Å². The average Bonchev–Trinajstić information content (AvgIpc) is 2.66. The van der Waals surface area contributed by atoms with Crippen LogP contribution in [0, 0.1) is 0 Å². The molecule has 0 spiro atoms. The molecule has 0 N–H and O–H groups in total. The molecule has 0 aliphatic rings. The van der Waals surface area contributed by atoms with Crippen molar-refractivity contribution in [3.05, 3.63) is 46.2 Å². The van der Waals surface area contributed by atoms with Gasteiger partial charge in [0.2, 0.25) is 0 Å². The zero-order valence-corrected chi connectivity index (χ0v) is 9.76. The Hall–Kier alpha value is -0.990. The highest BCUT2D eigenvalue weighted by atomic mass is 35.5. The molecule has 2 rings (SSSR count). The van der Waals surface area contributed by atoms with E-state index in [4.69, 9.17) is 23.2 Å². The minimum Gasteiger partial charge on any atom is -0.239 e. The molecular formula is C11H10Cl2N2. The SMILES string of the molecule is CCc1cnn(-c2ccc(Cl)cc2Cl)c1. The number of halogens is 2. The van der Waals surface area contributed by atoms with Gasteiger partial charge in [-0.2, -0.15) is 5.10 Å². The van der Waals surface area contributed by atoms with Crippen LogP contribution in [-0.2, 0) is 6.42 Å². The summed E-state index contributed by atoms with van der Waals surface area (Å²) in [6.45, 7) is 2.09. The van der Waals surface area contributed by atoms with E-state index in [0.29, 0.717) is 10.0 Å². The molecule has 0 atom stereocenters. The van der Waals surface area contributed by atoms with Crippen molar-refractivity contribution in [3.8, 4) is 5.69 Å². The number of nitrogens with zero attached hydrogens (tertiary/aromatic N) is 2. The van der Waals surface area contributed by atoms with Crippen LogP contribution in [0.15, 0.2) is 30.6 Å². The smallest absolute Gasteiger partial charge is 0.0832 e. The molecule has 0 amide bonds. The Kier molecular flexibility index (Phi) is 2.98. The molecule has 0 saturated heterocycles. The monoisotopic (exact) mass is 240 g/mol. The number of aromatic nitrogens is 2. The van der Waals surface area contributed by atoms with Crippen LogP contribution in [0.4, 0.5) is 0 Å². The van der Waals surface area contributed by atoms with Gasteiger partial charge in [0, 0.05) is 11.2 Å². The molecule has 0 fully saturated rings. The van der Waals surface area contributed by atoms with Crippen LogP contribution in [-0.4, -0.2) is 9.78 Å². The fourth-order valence-corrected chi connectivity index (χ4v) is 1.84. The number of hydrogen-bond acceptors (Lipinski definition) is 1. The number of aryl methyl sites for hydroxylation is 1. The van der Waals surface area contributed by atoms with Crippen molar-refractivity contribution in [2.24, 2.45) is 0 Å². The lowest BCUT2D eigenvalue weighted by atomic mass is 10.3. The quantitative estimate of drug-likeness (QED) is 0.783. The molecule has 0 radical (unpaired) electrons. The zero-order valence-electron chi connectivity index (χ0n) is 8.24. The molecule has 0 aliphatic heterocycles. The summed E-state index contributed by atoms with van der Waals surface area (Å²) in [4.78, 5) is 0. The van der Waals surface area contributed by atoms with Crippen LogP contribution in [0.1, 0.15) is 12.5 Å². The Morgan fingerprint density at radius 1 is 1.33 bits per heavy atom. The summed E-state index contributed by atoms with van der Waals surface area (Å²) in [6.07, 6.45) is 4.77. The van der Waals surface area contributed by atoms with E-state index in [0.717, 1.165) is 12.1 Å². The average molecular weight is 241 g/mol. The second-order valence-corrected chi connectivity index (χ2v) is 4.09. The van der Waals surface area contributed by atoms with E-state index in [9.17, 15) is 0 Å². The zero-order chi connectivity index (χ0) is 10.8. The number of hydrogen-bond donors (Lipinski definition) is 0. The van der Waals surface area contributed by atoms with Crippen LogP contribution in [0.25, 0.3) is 5.69 Å². The molecule has 15 heavy (non-hydrogen) atoms. The van der Waals surface area contributed by atoms with Gasteiger partial charge in [-0.1, -0.05) is 30.1 Å². The summed E-state index contributed by atoms with van der Waals surface area (Å²) < 4.78 is 1.76. The second-order valence-electron chi connectivity index (χ2n) is 3.24. The van der Waals surface area contributed by atoms with Gasteiger partial charge in [-0.05, 0) is 30.2 Å². The third-order valence-corrected chi connectivity index (χ3v) is 2.74. The minimum absolute atomic E-state index is 0.605. The van der Waals surface area contributed by atoms with Gasteiger partial charge >= 0.3 is 0 Å². The largest absolute Gasteiger partial charge is 0.239 e. The highest BCUT2D eigenvalue weighted by molar-refractivity contribution is 6.35. The number of rotatable bonds is 2. The topological polar surface area (TPSA) is 17.8 Å². The normalized spacial score (nSPS) is 10.6. The van der Waals surface area contributed by atoms with Crippen molar-refractivity contribution in [3.63, 3.8) is 0 Å². The summed E-state index contributed by atoms with van der Waals surface area (Å²) in [5.41, 5.74) is 2.03. The van der Waals surface area contributed by atoms with E-state index >= 15 is 0 Å². The van der Waals surface area contributed by atoms with Crippen molar-refractivity contribution in [1.82, 2.24) is 9.78 Å². The van der Waals surface area contributed by atoms with Crippen molar-refractivity contribution >= 4 is 23.2 Å². The van der Waals surface area contributed by atoms with E-state index < -0.39 is 0 Å². The third kappa shape index (κ3) is 2.16. The molecule has 1 aromatic heterocycles. The van der Waals surface area contributed by atoms with Crippen LogP contribution in [0.5, 0.6) is 0 Å². The van der Waals surface area contributed by atoms with Crippen LogP contribution in [0.2, 0.25) is 10.0 Å². The highest BCUT2D eigenvalue weighted by Gasteiger charge is 2.04. The Bertz CT molecular complexity index is 477. The van der Waals surface area contributed by atoms with E-state index in [1.54, 1.807) is 16.8 Å². The van der Waals surface area contributed by atoms with Gasteiger partial charge in [0.15, 0.2) is 0 Å². The van der Waals surface area contributed by atoms with Gasteiger partial charge in [0.25, 0.3) is 0 Å². The van der Waals surface area contributed by atoms with Crippen molar-refractivity contribution in [2.45, 2.75) is 13.3 Å². The fraction of sp³-hybridized carbons (Fsp3) is 0.182. The van der Waals surface area contributed by atoms with Crippen molar-refractivity contribution < 1.29 is 0 Å². The Morgan fingerprint density at radius 3 is 2.73 bits per heavy atom. The molecule has 1 aromatic carbocycles. The summed E-state index contributed by atoms with van der Waals surface area (Å²) >= 11 is 11.9. The predicted molar refractivity (Wildman–Crippen MR) is 63.0 cm³/mol. The van der Waals surface area contributed by atoms with Crippen LogP contribution >= 0.6 is 23.2 Å². The molecule has 0 saturated carbocycles. The number of benzene rings is 1. The molecule has 2 nitrogen and oxygen atoms in total. The first kappa shape index (κ1) is 10.5. The third-order valence-electron chi connectivity index (χ3n) is 2.20. The summed E-state index contributed by atoms with van der Waals surface area (Å²) in [5.74, 6) is 0. The van der Waals surface area contributed by atoms with E-state index in [2.05, 4.69) is 12.0 Å². The maximum atomic E-state index is 6.07. The maximum Gasteiger partial charge on any atom is 0.0832 e. The standard InChI is InChI=1S/C11H10Cl2N2/c1-2-8-6-14-15(7-8)11-4-3-9(12)5-10(11)13/h3-7H,2H2,1H3. The Labute approximate surface area is 98.4 Å². The van der Waals surface area contributed by atoms with Gasteiger partial charge in [0.1, 0.15) is 0 Å². The molecule has 1 heterocycles. The molecule has 4 heteroatoms. The lowest BCUT2D eigenvalue weighted by Crippen LogP contribution is -1.94. The lowest BCUT2D eigenvalue weighted by molar-refractivity contribution is 0.880. The minimum atomic E-state index is 0.605. The first-order valence-electron chi connectivity index (χ1n) is 4.69. The molecule has 2 aromatic rings. The molecule has 78 valence electrons. The van der Waals surface area contributed by atoms with Gasteiger partial charge in [-0.25, -0.2) is 4.68 Å². The molecule has 0 unspecified atom stereocenters. The summed E-state index contributed by atoms with van der Waals surface area (Å²) in [7, 11) is 0. The van der Waals surface area contributed by atoms with Crippen molar-refractivity contribution in [1.29, 1.82) is 0 Å². The Balaban J connectivity index is 2.44. The summed E-state index contributed by atoms with van der Waals surface area (Å²) in [5, 5.41) is 5.47. The highest BCUT2D eigenvalue weighted by Crippen LogP contribution is 2.23. The van der Waals surface area contributed by atoms with Crippen LogP contribution < -0.4 is 0 Å². The van der Waals surface area contributed by atoms with E-state index in [1.807, 2.05) is 18.5 Å². The van der Waals surface area contributed by atoms with Gasteiger partial charge in [-0.3, -0.25) is 0 Å². The van der Waals surface area contributed by atoms with E-state index in [-0.39, 0.29) is 0 Å². The lowest BCUT2D eigenvalue weighted by Gasteiger charge is -2.03. The predicted octanol–water partition coefficient (Wildman–Crippen LogP) is 3.74. The first-order chi connectivity index (χ1) is 7.20. The van der Waals surface area contributed by atoms with E-state index in [1.165, 1.54) is 5.56 Å². The molecular weight excluding hydrogens is 231 g/mol. The Morgan fingerprint density at radius 2 is 2.13 bits per heavy atom. The fourth-order valence-electron chi connectivity index (χ4n) is 1.34. The second kappa shape index (κ2) is 4.25. The summed E-state index contributed by atoms with van der Waals surface area (Å²) in [6, 6.07) is 5.37. The van der Waals surface area contributed by atoms with Crippen molar-refractivity contribution in [2.75, 3.05) is 0 Å².